The van der Waals surface area contributed by atoms with Crippen LogP contribution >= 0.6 is 15.6 Å². The van der Waals surface area contributed by atoms with Crippen molar-refractivity contribution in [3.8, 4) is 0 Å². The summed E-state index contributed by atoms with van der Waals surface area (Å²) in [6.07, 6.45) is 63.9. The fourth-order valence-corrected chi connectivity index (χ4v) is 14.3. The van der Waals surface area contributed by atoms with Crippen LogP contribution in [0.2, 0.25) is 0 Å². The van der Waals surface area contributed by atoms with Crippen LogP contribution in [0.5, 0.6) is 0 Å². The van der Waals surface area contributed by atoms with Gasteiger partial charge in [-0.05, 0) is 37.5 Å². The number of hydrogen-bond donors (Lipinski definition) is 3. The number of aliphatic hydroxyl groups excluding tert-OH is 1. The molecule has 0 amide bonds. The Morgan fingerprint density at radius 2 is 0.455 bits per heavy atom. The van der Waals surface area contributed by atoms with Crippen molar-refractivity contribution in [2.75, 3.05) is 39.6 Å². The second-order valence-corrected chi connectivity index (χ2v) is 33.4. The van der Waals surface area contributed by atoms with Crippen molar-refractivity contribution in [3.05, 3.63) is 0 Å². The molecule has 0 saturated heterocycles. The number of hydrogen-bond acceptors (Lipinski definition) is 15. The standard InChI is InChI=1S/C82H160O17P2/c1-7-9-11-13-15-17-19-20-21-22-23-24-25-26-27-32-35-42-48-54-60-66-81(86)98-78(71-93-80(85)65-59-53-47-41-34-31-29-28-30-33-38-44-50-56-62-74(3)4)73-97-101(90,91)95-69-76(83)68-94-100(88,89)96-72-77(70-92-79(84)64-58-52-46-40-18-16-14-12-10-8-2)99-82(87)67-61-55-49-43-37-36-39-45-51-57-63-75(5)6/h74-78,83H,7-73H2,1-6H3,(H,88,89)(H,90,91)/t76-,77+,78+/m0/s1. The summed E-state index contributed by atoms with van der Waals surface area (Å²) in [5, 5.41) is 10.6. The van der Waals surface area contributed by atoms with Crippen LogP contribution in [0, 0.1) is 11.8 Å². The largest absolute Gasteiger partial charge is 0.472 e. The Kier molecular flexibility index (Phi) is 72.2. The van der Waals surface area contributed by atoms with Crippen LogP contribution in [0.4, 0.5) is 0 Å². The van der Waals surface area contributed by atoms with Crippen LogP contribution < -0.4 is 0 Å². The van der Waals surface area contributed by atoms with E-state index in [4.69, 9.17) is 37.0 Å². The lowest BCUT2D eigenvalue weighted by molar-refractivity contribution is -0.161. The number of rotatable bonds is 81. The molecule has 0 bridgehead atoms. The summed E-state index contributed by atoms with van der Waals surface area (Å²) in [6.45, 7) is 9.64. The predicted molar refractivity (Wildman–Crippen MR) is 414 cm³/mol. The van der Waals surface area contributed by atoms with Crippen molar-refractivity contribution >= 4 is 39.5 Å². The molecule has 0 rings (SSSR count). The average Bonchev–Trinajstić information content (AvgIpc) is 0.959. The first-order valence-corrected chi connectivity index (χ1v) is 45.5. The molecule has 0 saturated carbocycles. The Balaban J connectivity index is 5.22. The Labute approximate surface area is 619 Å². The third-order valence-electron chi connectivity index (χ3n) is 19.2. The van der Waals surface area contributed by atoms with Crippen molar-refractivity contribution in [1.29, 1.82) is 0 Å². The minimum atomic E-state index is -4.96. The summed E-state index contributed by atoms with van der Waals surface area (Å²) in [7, 11) is -9.92. The molecule has 3 N–H and O–H groups in total. The van der Waals surface area contributed by atoms with Gasteiger partial charge in [0.1, 0.15) is 19.3 Å². The predicted octanol–water partition coefficient (Wildman–Crippen LogP) is 24.7. The quantitative estimate of drug-likeness (QED) is 0.0222. The zero-order chi connectivity index (χ0) is 74.2. The van der Waals surface area contributed by atoms with Gasteiger partial charge in [0, 0.05) is 25.7 Å². The molecule has 0 aliphatic rings. The summed E-state index contributed by atoms with van der Waals surface area (Å²) in [4.78, 5) is 73.0. The number of phosphoric acid groups is 2. The molecule has 5 atom stereocenters. The van der Waals surface area contributed by atoms with E-state index in [2.05, 4.69) is 41.5 Å². The molecule has 0 aliphatic heterocycles. The van der Waals surface area contributed by atoms with Crippen LogP contribution in [0.1, 0.15) is 433 Å². The van der Waals surface area contributed by atoms with E-state index in [0.29, 0.717) is 25.7 Å². The van der Waals surface area contributed by atoms with Gasteiger partial charge in [-0.3, -0.25) is 37.3 Å². The lowest BCUT2D eigenvalue weighted by Gasteiger charge is -2.21. The number of ether oxygens (including phenoxy) is 4. The minimum Gasteiger partial charge on any atom is -0.462 e. The van der Waals surface area contributed by atoms with Gasteiger partial charge >= 0.3 is 39.5 Å². The number of esters is 4. The van der Waals surface area contributed by atoms with E-state index < -0.39 is 97.5 Å². The highest BCUT2D eigenvalue weighted by Crippen LogP contribution is 2.45. The molecule has 19 heteroatoms. The van der Waals surface area contributed by atoms with Crippen LogP contribution in [-0.4, -0.2) is 96.7 Å². The van der Waals surface area contributed by atoms with E-state index in [0.717, 1.165) is 102 Å². The lowest BCUT2D eigenvalue weighted by Crippen LogP contribution is -2.30. The van der Waals surface area contributed by atoms with Crippen molar-refractivity contribution in [2.24, 2.45) is 11.8 Å². The Bertz CT molecular complexity index is 1940. The monoisotopic (exact) mass is 1480 g/mol. The highest BCUT2D eigenvalue weighted by Gasteiger charge is 2.30. The summed E-state index contributed by atoms with van der Waals surface area (Å²) in [5.74, 6) is -0.557. The zero-order valence-electron chi connectivity index (χ0n) is 66.2. The van der Waals surface area contributed by atoms with Crippen LogP contribution in [-0.2, 0) is 65.4 Å². The molecule has 0 aromatic carbocycles. The molecule has 0 aromatic rings. The molecular formula is C82H160O17P2. The fraction of sp³-hybridized carbons (Fsp3) is 0.951. The van der Waals surface area contributed by atoms with Gasteiger partial charge in [0.2, 0.25) is 0 Å². The van der Waals surface area contributed by atoms with Gasteiger partial charge in [-0.25, -0.2) is 9.13 Å². The maximum absolute atomic E-state index is 13.1. The fourth-order valence-electron chi connectivity index (χ4n) is 12.7. The van der Waals surface area contributed by atoms with Gasteiger partial charge in [-0.2, -0.15) is 0 Å². The maximum Gasteiger partial charge on any atom is 0.472 e. The highest BCUT2D eigenvalue weighted by atomic mass is 31.2. The first kappa shape index (κ1) is 99.1. The van der Waals surface area contributed by atoms with Crippen LogP contribution in [0.15, 0.2) is 0 Å². The first-order chi connectivity index (χ1) is 48.9. The van der Waals surface area contributed by atoms with Gasteiger partial charge in [0.05, 0.1) is 26.4 Å². The Morgan fingerprint density at radius 1 is 0.267 bits per heavy atom. The SMILES string of the molecule is CCCCCCCCCCCCCCCCCCCCCCCC(=O)O[C@H](COC(=O)CCCCCCCCCCCCCCCCC(C)C)COP(=O)(O)OC[C@@H](O)COP(=O)(O)OC[C@@H](COC(=O)CCCCCCCCCCCC)OC(=O)CCCCCCCCCCCCC(C)C. The van der Waals surface area contributed by atoms with Gasteiger partial charge in [-0.1, -0.05) is 382 Å². The summed E-state index contributed by atoms with van der Waals surface area (Å²) in [5.41, 5.74) is 0. The molecule has 17 nitrogen and oxygen atoms in total. The molecular weight excluding hydrogens is 1320 g/mol. The van der Waals surface area contributed by atoms with Crippen molar-refractivity contribution < 1.29 is 80.2 Å². The second-order valence-electron chi connectivity index (χ2n) is 30.5. The number of carbonyl (C=O) groups excluding carboxylic acids is 4. The van der Waals surface area contributed by atoms with E-state index in [9.17, 15) is 43.2 Å². The average molecular weight is 1480 g/mol. The number of phosphoric ester groups is 2. The zero-order valence-corrected chi connectivity index (χ0v) is 68.0. The molecule has 2 unspecified atom stereocenters. The molecule has 101 heavy (non-hydrogen) atoms. The Hall–Kier alpha value is -1.94. The van der Waals surface area contributed by atoms with Crippen molar-refractivity contribution in [3.63, 3.8) is 0 Å². The topological polar surface area (TPSA) is 237 Å². The molecule has 0 heterocycles. The van der Waals surface area contributed by atoms with E-state index >= 15 is 0 Å². The smallest absolute Gasteiger partial charge is 0.462 e. The van der Waals surface area contributed by atoms with E-state index in [-0.39, 0.29) is 25.7 Å². The van der Waals surface area contributed by atoms with Crippen molar-refractivity contribution in [2.45, 2.75) is 452 Å². The number of aliphatic hydroxyl groups is 1. The van der Waals surface area contributed by atoms with Gasteiger partial charge < -0.3 is 33.8 Å². The summed E-state index contributed by atoms with van der Waals surface area (Å²) >= 11 is 0. The first-order valence-electron chi connectivity index (χ1n) is 42.5. The molecule has 0 radical (unpaired) electrons. The van der Waals surface area contributed by atoms with Crippen molar-refractivity contribution in [1.82, 2.24) is 0 Å². The highest BCUT2D eigenvalue weighted by molar-refractivity contribution is 7.47. The van der Waals surface area contributed by atoms with E-state index in [1.165, 1.54) is 250 Å². The van der Waals surface area contributed by atoms with Gasteiger partial charge in [0.25, 0.3) is 0 Å². The van der Waals surface area contributed by atoms with Gasteiger partial charge in [-0.15, -0.1) is 0 Å². The Morgan fingerprint density at radius 3 is 0.673 bits per heavy atom. The van der Waals surface area contributed by atoms with Gasteiger partial charge in [0.15, 0.2) is 12.2 Å². The third kappa shape index (κ3) is 76.1. The van der Waals surface area contributed by atoms with E-state index in [1.54, 1.807) is 0 Å². The van der Waals surface area contributed by atoms with Crippen LogP contribution in [0.25, 0.3) is 0 Å². The summed E-state index contributed by atoms with van der Waals surface area (Å²) in [6, 6.07) is 0. The van der Waals surface area contributed by atoms with E-state index in [1.807, 2.05) is 0 Å². The lowest BCUT2D eigenvalue weighted by atomic mass is 10.0. The molecule has 0 aliphatic carbocycles. The maximum atomic E-state index is 13.1. The van der Waals surface area contributed by atoms with Crippen LogP contribution in [0.3, 0.4) is 0 Å². The molecule has 0 aromatic heterocycles. The summed E-state index contributed by atoms with van der Waals surface area (Å²) < 4.78 is 68.7. The molecule has 0 spiro atoms. The number of carbonyl (C=O) groups is 4. The molecule has 0 fully saturated rings. The molecule has 600 valence electrons. The normalized spacial score (nSPS) is 13.9. The number of unbranched alkanes of at least 4 members (excludes halogenated alkanes) is 51. The minimum absolute atomic E-state index is 0.106. The second kappa shape index (κ2) is 73.6. The third-order valence-corrected chi connectivity index (χ3v) is 21.1.